The van der Waals surface area contributed by atoms with Gasteiger partial charge in [0.2, 0.25) is 6.79 Å². The van der Waals surface area contributed by atoms with Gasteiger partial charge in [-0.25, -0.2) is 4.39 Å². The molecule has 3 aromatic rings. The van der Waals surface area contributed by atoms with Crippen LogP contribution in [0.1, 0.15) is 15.9 Å². The number of nitro benzene ring substituents is 1. The minimum absolute atomic E-state index is 0.00286. The molecule has 150 valence electrons. The summed E-state index contributed by atoms with van der Waals surface area (Å²) in [6.07, 6.45) is 1.35. The topological polar surface area (TPSA) is 103 Å². The molecule has 1 amide bonds. The van der Waals surface area contributed by atoms with Crippen LogP contribution in [0.25, 0.3) is 0 Å². The molecular formula is C21H14FN3O5. The molecule has 9 heteroatoms. The van der Waals surface area contributed by atoms with Crippen molar-refractivity contribution >= 4 is 29.2 Å². The number of fused-ring (bicyclic) bond motifs is 1. The zero-order chi connectivity index (χ0) is 21.1. The van der Waals surface area contributed by atoms with E-state index in [1.807, 2.05) is 0 Å². The number of halogens is 1. The van der Waals surface area contributed by atoms with Crippen molar-refractivity contribution in [2.24, 2.45) is 4.99 Å². The molecule has 30 heavy (non-hydrogen) atoms. The van der Waals surface area contributed by atoms with Crippen LogP contribution in [-0.4, -0.2) is 23.8 Å². The van der Waals surface area contributed by atoms with E-state index >= 15 is 0 Å². The Labute approximate surface area is 169 Å². The maximum atomic E-state index is 13.0. The lowest BCUT2D eigenvalue weighted by molar-refractivity contribution is -0.385. The van der Waals surface area contributed by atoms with Crippen LogP contribution >= 0.6 is 0 Å². The number of anilines is 1. The number of hydrogen-bond acceptors (Lipinski definition) is 6. The fourth-order valence-corrected chi connectivity index (χ4v) is 2.82. The number of amides is 1. The second-order valence-electron chi connectivity index (χ2n) is 6.29. The molecule has 1 aliphatic rings. The van der Waals surface area contributed by atoms with Crippen LogP contribution in [0.3, 0.4) is 0 Å². The maximum absolute atomic E-state index is 13.0. The maximum Gasteiger partial charge on any atom is 0.282 e. The molecule has 0 atom stereocenters. The Bertz CT molecular complexity index is 1160. The number of nitrogens with one attached hydrogen (secondary N) is 1. The Hall–Kier alpha value is -4.27. The minimum atomic E-state index is -0.525. The molecule has 4 rings (SSSR count). The second-order valence-corrected chi connectivity index (χ2v) is 6.29. The van der Waals surface area contributed by atoms with E-state index in [-0.39, 0.29) is 18.0 Å². The first-order valence-corrected chi connectivity index (χ1v) is 8.79. The summed E-state index contributed by atoms with van der Waals surface area (Å²) in [6.45, 7) is 0.00286. The molecule has 0 bridgehead atoms. The quantitative estimate of drug-likeness (QED) is 0.382. The van der Waals surface area contributed by atoms with E-state index in [0.717, 1.165) is 0 Å². The molecule has 0 radical (unpaired) electrons. The highest BCUT2D eigenvalue weighted by atomic mass is 19.1. The van der Waals surface area contributed by atoms with Crippen molar-refractivity contribution < 1.29 is 23.6 Å². The standard InChI is InChI=1S/C21H14FN3O5/c22-15-6-4-13(5-7-15)21(26)24-17-3-1-2-16(9-17)23-11-14-8-19-20(30-12-29-19)10-18(14)25(27)28/h1-11H,12H2,(H,24,26). The fraction of sp³-hybridized carbons (Fsp3) is 0.0476. The number of carbonyl (C=O) groups is 1. The Morgan fingerprint density at radius 2 is 1.83 bits per heavy atom. The van der Waals surface area contributed by atoms with Gasteiger partial charge in [0, 0.05) is 17.5 Å². The number of nitro groups is 1. The van der Waals surface area contributed by atoms with Crippen molar-refractivity contribution in [3.05, 3.63) is 87.7 Å². The van der Waals surface area contributed by atoms with E-state index in [1.54, 1.807) is 24.3 Å². The molecular weight excluding hydrogens is 393 g/mol. The van der Waals surface area contributed by atoms with Gasteiger partial charge in [0.05, 0.1) is 22.2 Å². The van der Waals surface area contributed by atoms with Gasteiger partial charge in [-0.2, -0.15) is 0 Å². The van der Waals surface area contributed by atoms with Gasteiger partial charge in [0.1, 0.15) is 5.82 Å². The molecule has 0 saturated heterocycles. The number of benzene rings is 3. The first kappa shape index (κ1) is 19.1. The summed E-state index contributed by atoms with van der Waals surface area (Å²) in [6, 6.07) is 14.6. The molecule has 8 nitrogen and oxygen atoms in total. The molecule has 0 unspecified atom stereocenters. The van der Waals surface area contributed by atoms with E-state index in [9.17, 15) is 19.3 Å². The van der Waals surface area contributed by atoms with Gasteiger partial charge in [0.25, 0.3) is 11.6 Å². The predicted octanol–water partition coefficient (Wildman–Crippen LogP) is 4.47. The van der Waals surface area contributed by atoms with Crippen molar-refractivity contribution in [1.82, 2.24) is 0 Å². The zero-order valence-electron chi connectivity index (χ0n) is 15.4. The molecule has 3 aromatic carbocycles. The van der Waals surface area contributed by atoms with Crippen LogP contribution in [0.5, 0.6) is 11.5 Å². The number of carbonyl (C=O) groups excluding carboxylic acids is 1. The Morgan fingerprint density at radius 3 is 2.57 bits per heavy atom. The SMILES string of the molecule is O=C(Nc1cccc(N=Cc2cc3c(cc2[N+](=O)[O-])OCO3)c1)c1ccc(F)cc1. The van der Waals surface area contributed by atoms with Crippen molar-refractivity contribution in [2.45, 2.75) is 0 Å². The highest BCUT2D eigenvalue weighted by Crippen LogP contribution is 2.37. The molecule has 0 aromatic heterocycles. The van der Waals surface area contributed by atoms with E-state index in [4.69, 9.17) is 9.47 Å². The first-order valence-electron chi connectivity index (χ1n) is 8.79. The van der Waals surface area contributed by atoms with Crippen molar-refractivity contribution in [2.75, 3.05) is 12.1 Å². The van der Waals surface area contributed by atoms with Crippen molar-refractivity contribution in [3.8, 4) is 11.5 Å². The number of hydrogen-bond donors (Lipinski definition) is 1. The predicted molar refractivity (Wildman–Crippen MR) is 107 cm³/mol. The van der Waals surface area contributed by atoms with Crippen LogP contribution in [0, 0.1) is 15.9 Å². The number of nitrogens with zero attached hydrogens (tertiary/aromatic N) is 2. The van der Waals surface area contributed by atoms with Crippen LogP contribution in [0.15, 0.2) is 65.7 Å². The number of aliphatic imine (C=N–C) groups is 1. The largest absolute Gasteiger partial charge is 0.454 e. The van der Waals surface area contributed by atoms with Gasteiger partial charge in [0.15, 0.2) is 11.5 Å². The van der Waals surface area contributed by atoms with Gasteiger partial charge in [-0.1, -0.05) is 6.07 Å². The lowest BCUT2D eigenvalue weighted by atomic mass is 10.1. The van der Waals surface area contributed by atoms with E-state index in [2.05, 4.69) is 10.3 Å². The molecule has 0 spiro atoms. The van der Waals surface area contributed by atoms with Crippen LogP contribution in [0.2, 0.25) is 0 Å². The highest BCUT2D eigenvalue weighted by Gasteiger charge is 2.22. The summed E-state index contributed by atoms with van der Waals surface area (Å²) in [7, 11) is 0. The van der Waals surface area contributed by atoms with Gasteiger partial charge in [-0.05, 0) is 48.5 Å². The third kappa shape index (κ3) is 4.09. The third-order valence-corrected chi connectivity index (χ3v) is 4.28. The second kappa shape index (κ2) is 8.00. The number of rotatable bonds is 5. The van der Waals surface area contributed by atoms with E-state index in [1.165, 1.54) is 42.6 Å². The smallest absolute Gasteiger partial charge is 0.282 e. The van der Waals surface area contributed by atoms with E-state index in [0.29, 0.717) is 28.4 Å². The highest BCUT2D eigenvalue weighted by molar-refractivity contribution is 6.04. The fourth-order valence-electron chi connectivity index (χ4n) is 2.82. The molecule has 1 heterocycles. The lowest BCUT2D eigenvalue weighted by Gasteiger charge is -2.06. The van der Waals surface area contributed by atoms with Gasteiger partial charge < -0.3 is 14.8 Å². The summed E-state index contributed by atoms with van der Waals surface area (Å²) >= 11 is 0. The van der Waals surface area contributed by atoms with Crippen molar-refractivity contribution in [1.29, 1.82) is 0 Å². The first-order chi connectivity index (χ1) is 14.5. The molecule has 0 saturated carbocycles. The molecule has 1 aliphatic heterocycles. The molecule has 0 aliphatic carbocycles. The molecule has 1 N–H and O–H groups in total. The minimum Gasteiger partial charge on any atom is -0.454 e. The Morgan fingerprint density at radius 1 is 1.10 bits per heavy atom. The zero-order valence-corrected chi connectivity index (χ0v) is 15.4. The summed E-state index contributed by atoms with van der Waals surface area (Å²) < 4.78 is 23.4. The summed E-state index contributed by atoms with van der Waals surface area (Å²) in [4.78, 5) is 27.4. The van der Waals surface area contributed by atoms with Gasteiger partial charge >= 0.3 is 0 Å². The average Bonchev–Trinajstić information content (AvgIpc) is 3.19. The van der Waals surface area contributed by atoms with Gasteiger partial charge in [-0.15, -0.1) is 0 Å². The Kier molecular flexibility index (Phi) is 5.08. The number of ether oxygens (including phenoxy) is 2. The third-order valence-electron chi connectivity index (χ3n) is 4.28. The summed E-state index contributed by atoms with van der Waals surface area (Å²) in [5, 5.41) is 14.0. The van der Waals surface area contributed by atoms with Crippen LogP contribution < -0.4 is 14.8 Å². The van der Waals surface area contributed by atoms with E-state index < -0.39 is 16.6 Å². The van der Waals surface area contributed by atoms with Crippen LogP contribution in [-0.2, 0) is 0 Å². The van der Waals surface area contributed by atoms with Crippen LogP contribution in [0.4, 0.5) is 21.5 Å². The molecule has 0 fully saturated rings. The summed E-state index contributed by atoms with van der Waals surface area (Å²) in [5.41, 5.74) is 1.34. The average molecular weight is 407 g/mol. The monoisotopic (exact) mass is 407 g/mol. The Balaban J connectivity index is 1.55. The summed E-state index contributed by atoms with van der Waals surface area (Å²) in [5.74, 6) is -0.116. The van der Waals surface area contributed by atoms with Gasteiger partial charge in [-0.3, -0.25) is 19.9 Å². The van der Waals surface area contributed by atoms with Crippen molar-refractivity contribution in [3.63, 3.8) is 0 Å². The normalized spacial score (nSPS) is 12.2. The lowest BCUT2D eigenvalue weighted by Crippen LogP contribution is -2.11.